The molecule has 0 spiro atoms. The van der Waals surface area contributed by atoms with Crippen molar-refractivity contribution in [3.05, 3.63) is 77.4 Å². The summed E-state index contributed by atoms with van der Waals surface area (Å²) >= 11 is 0. The maximum atomic E-state index is 6.05. The summed E-state index contributed by atoms with van der Waals surface area (Å²) in [6, 6.07) is 7.78. The molecule has 0 saturated carbocycles. The van der Waals surface area contributed by atoms with Gasteiger partial charge in [0.25, 0.3) is 0 Å². The molecule has 3 atom stereocenters. The maximum absolute atomic E-state index is 6.05. The van der Waals surface area contributed by atoms with Gasteiger partial charge in [0.15, 0.2) is 5.82 Å². The van der Waals surface area contributed by atoms with Crippen LogP contribution in [0.1, 0.15) is 30.9 Å². The molecule has 4 heterocycles. The van der Waals surface area contributed by atoms with E-state index in [-0.39, 0.29) is 11.3 Å². The summed E-state index contributed by atoms with van der Waals surface area (Å²) in [7, 11) is 6.05. The second-order valence-electron chi connectivity index (χ2n) is 9.72. The summed E-state index contributed by atoms with van der Waals surface area (Å²) < 4.78 is 0. The molecule has 170 valence electrons. The number of benzene rings is 1. The highest BCUT2D eigenvalue weighted by molar-refractivity contribution is 6.23. The summed E-state index contributed by atoms with van der Waals surface area (Å²) in [5.74, 6) is 8.20. The Kier molecular flexibility index (Phi) is 5.14. The average molecular weight is 457 g/mol. The minimum absolute atomic E-state index is 0.0373. The number of aromatic nitrogens is 4. The second-order valence-corrected chi connectivity index (χ2v) is 9.72. The van der Waals surface area contributed by atoms with E-state index in [1.807, 2.05) is 30.3 Å². The number of allylic oxidation sites excluding steroid dienone is 2. The minimum atomic E-state index is 0.0373. The van der Waals surface area contributed by atoms with E-state index >= 15 is 0 Å². The molecule has 7 nitrogen and oxygen atoms in total. The van der Waals surface area contributed by atoms with E-state index in [2.05, 4.69) is 57.9 Å². The zero-order valence-corrected chi connectivity index (χ0v) is 19.7. The number of aromatic amines is 1. The van der Waals surface area contributed by atoms with E-state index in [9.17, 15) is 0 Å². The van der Waals surface area contributed by atoms with Crippen LogP contribution in [0.15, 0.2) is 70.3 Å². The first-order valence-corrected chi connectivity index (χ1v) is 11.8. The van der Waals surface area contributed by atoms with Crippen LogP contribution >= 0.6 is 0 Å². The highest BCUT2D eigenvalue weighted by atomic mass is 15.3. The van der Waals surface area contributed by atoms with Crippen LogP contribution in [0.4, 0.5) is 0 Å². The summed E-state index contributed by atoms with van der Waals surface area (Å²) in [5, 5.41) is 8.05. The number of likely N-dealkylation sites (tertiary alicyclic amines) is 1. The van der Waals surface area contributed by atoms with Crippen LogP contribution in [0, 0.1) is 29.1 Å². The first kappa shape index (κ1) is 21.5. The Morgan fingerprint density at radius 2 is 2.14 bits per heavy atom. The fourth-order valence-electron chi connectivity index (χ4n) is 4.89. The highest BCUT2D eigenvalue weighted by Crippen LogP contribution is 2.41. The van der Waals surface area contributed by atoms with Gasteiger partial charge in [0, 0.05) is 47.5 Å². The minimum Gasteiger partial charge on any atom is -0.340 e. The maximum Gasteiger partial charge on any atom is 0.221 e. The molecule has 0 amide bonds. The Morgan fingerprint density at radius 3 is 3.06 bits per heavy atom. The number of nitrogens with one attached hydrogen (secondary N) is 1. The van der Waals surface area contributed by atoms with Crippen molar-refractivity contribution in [1.29, 1.82) is 0 Å². The summed E-state index contributed by atoms with van der Waals surface area (Å²) in [6.45, 7) is 6.74. The molecular weight excluding hydrogens is 433 g/mol. The lowest BCUT2D eigenvalue weighted by Gasteiger charge is -2.28. The van der Waals surface area contributed by atoms with Gasteiger partial charge in [-0.2, -0.15) is 5.10 Å². The quantitative estimate of drug-likeness (QED) is 0.450. The molecule has 3 aromatic rings. The van der Waals surface area contributed by atoms with Crippen LogP contribution in [-0.4, -0.2) is 64.2 Å². The van der Waals surface area contributed by atoms with Crippen molar-refractivity contribution in [1.82, 2.24) is 25.1 Å². The first-order chi connectivity index (χ1) is 17.0. The third-order valence-electron chi connectivity index (χ3n) is 6.98. The van der Waals surface area contributed by atoms with Gasteiger partial charge in [0.1, 0.15) is 13.5 Å². The average Bonchev–Trinajstić information content (AvgIpc) is 3.47. The monoisotopic (exact) mass is 457 g/mol. The van der Waals surface area contributed by atoms with Crippen molar-refractivity contribution >= 4 is 30.4 Å². The van der Waals surface area contributed by atoms with Gasteiger partial charge in [-0.05, 0) is 30.2 Å². The van der Waals surface area contributed by atoms with Crippen LogP contribution < -0.4 is 0 Å². The molecule has 1 fully saturated rings. The van der Waals surface area contributed by atoms with Crippen molar-refractivity contribution in [2.75, 3.05) is 19.6 Å². The molecule has 2 aliphatic heterocycles. The largest absolute Gasteiger partial charge is 0.340 e. The molecule has 8 heteroatoms. The molecule has 3 aliphatic rings. The first-order valence-electron chi connectivity index (χ1n) is 11.8. The Hall–Kier alpha value is -3.99. The molecule has 35 heavy (non-hydrogen) atoms. The van der Waals surface area contributed by atoms with Gasteiger partial charge in [0.05, 0.1) is 24.0 Å². The number of nitrogens with zero attached hydrogens (tertiary/aromatic N) is 6. The third-order valence-corrected chi connectivity index (χ3v) is 6.98. The zero-order chi connectivity index (χ0) is 24.0. The van der Waals surface area contributed by atoms with Gasteiger partial charge in [0.2, 0.25) is 5.96 Å². The van der Waals surface area contributed by atoms with Gasteiger partial charge in [-0.1, -0.05) is 38.0 Å². The molecule has 3 unspecified atom stereocenters. The summed E-state index contributed by atoms with van der Waals surface area (Å²) in [5.41, 5.74) is 4.27. The number of rotatable bonds is 1. The fourth-order valence-corrected chi connectivity index (χ4v) is 4.89. The van der Waals surface area contributed by atoms with E-state index < -0.39 is 0 Å². The smallest absolute Gasteiger partial charge is 0.221 e. The molecule has 0 bridgehead atoms. The van der Waals surface area contributed by atoms with Gasteiger partial charge in [-0.3, -0.25) is 10.1 Å². The molecule has 1 N–H and O–H groups in total. The predicted octanol–water partition coefficient (Wildman–Crippen LogP) is 3.11. The van der Waals surface area contributed by atoms with Gasteiger partial charge in [-0.25, -0.2) is 15.0 Å². The number of hydrogen-bond donors (Lipinski definition) is 1. The Balaban J connectivity index is 1.26. The standard InChI is InChI=1S/C27H24BN7/c1-17-13-30-26(35-15-20-12-21(28)7-9-27(20,2)16-35)33-24(17)25-29-10-8-22(32-25)5-3-18-4-6-23-19(11-18)14-31-34-23/h4,6-12,14,17,20H,13,15-16H2,1-2H3,(H,31,34). The van der Waals surface area contributed by atoms with Gasteiger partial charge >= 0.3 is 0 Å². The number of hydrogen-bond acceptors (Lipinski definition) is 6. The number of guanidine groups is 1. The van der Waals surface area contributed by atoms with Crippen molar-refractivity contribution in [2.24, 2.45) is 27.2 Å². The lowest BCUT2D eigenvalue weighted by Crippen LogP contribution is -2.35. The van der Waals surface area contributed by atoms with Gasteiger partial charge in [-0.15, -0.1) is 5.47 Å². The van der Waals surface area contributed by atoms with Crippen LogP contribution in [0.25, 0.3) is 10.9 Å². The van der Waals surface area contributed by atoms with Gasteiger partial charge < -0.3 is 4.90 Å². The fraction of sp³-hybridized carbons (Fsp3) is 0.296. The van der Waals surface area contributed by atoms with Crippen molar-refractivity contribution in [2.45, 2.75) is 13.8 Å². The van der Waals surface area contributed by atoms with E-state index in [0.29, 0.717) is 24.0 Å². The molecule has 1 saturated heterocycles. The summed E-state index contributed by atoms with van der Waals surface area (Å²) in [6.07, 6.45) is 9.93. The Labute approximate surface area is 205 Å². The Bertz CT molecular complexity index is 1500. The topological polar surface area (TPSA) is 82.4 Å². The Morgan fingerprint density at radius 1 is 1.23 bits per heavy atom. The van der Waals surface area contributed by atoms with Crippen molar-refractivity contribution < 1.29 is 0 Å². The lowest BCUT2D eigenvalue weighted by molar-refractivity contribution is 0.379. The van der Waals surface area contributed by atoms with Crippen LogP contribution in [0.5, 0.6) is 0 Å². The molecule has 1 aliphatic carbocycles. The van der Waals surface area contributed by atoms with Crippen LogP contribution in [-0.2, 0) is 0 Å². The number of aliphatic imine (C=N–C) groups is 2. The van der Waals surface area contributed by atoms with E-state index in [0.717, 1.165) is 46.7 Å². The second kappa shape index (κ2) is 8.35. The molecule has 6 rings (SSSR count). The normalized spacial score (nSPS) is 25.4. The molecular formula is C27H24BN7. The SMILES string of the molecule is [B]C1=CC2CN(C3=NCC(C)C(c4nccc(C#Cc5ccc6[nH]ncc6c5)n4)=N3)CC2(C)C=C1. The van der Waals surface area contributed by atoms with Crippen molar-refractivity contribution in [3.63, 3.8) is 0 Å². The van der Waals surface area contributed by atoms with Crippen molar-refractivity contribution in [3.8, 4) is 11.8 Å². The summed E-state index contributed by atoms with van der Waals surface area (Å²) in [4.78, 5) is 21.2. The van der Waals surface area contributed by atoms with Crippen LogP contribution in [0.3, 0.4) is 0 Å². The predicted molar refractivity (Wildman–Crippen MR) is 138 cm³/mol. The lowest BCUT2D eigenvalue weighted by atomic mass is 9.72. The molecule has 2 radical (unpaired) electrons. The van der Waals surface area contributed by atoms with E-state index in [1.54, 1.807) is 12.4 Å². The highest BCUT2D eigenvalue weighted by Gasteiger charge is 2.42. The zero-order valence-electron chi connectivity index (χ0n) is 19.7. The third kappa shape index (κ3) is 4.08. The number of fused-ring (bicyclic) bond motifs is 2. The van der Waals surface area contributed by atoms with E-state index in [1.165, 1.54) is 0 Å². The molecule has 1 aromatic carbocycles. The molecule has 2 aromatic heterocycles. The van der Waals surface area contributed by atoms with E-state index in [4.69, 9.17) is 22.8 Å². The number of H-pyrrole nitrogens is 1. The van der Waals surface area contributed by atoms with Crippen LogP contribution in [0.2, 0.25) is 0 Å².